The van der Waals surface area contributed by atoms with Gasteiger partial charge in [-0.25, -0.2) is 12.4 Å². The van der Waals surface area contributed by atoms with Crippen LogP contribution in [0.25, 0.3) is 11.3 Å². The molecule has 0 aliphatic carbocycles. The molecule has 5 heteroatoms. The Kier molecular flexibility index (Phi) is 5.78. The maximum absolute atomic E-state index is 13.5. The Morgan fingerprint density at radius 3 is 2.00 bits per heavy atom. The minimum atomic E-state index is -3.52. The van der Waals surface area contributed by atoms with Crippen LogP contribution in [0.15, 0.2) is 30.3 Å². The Hall–Kier alpha value is -1.59. The predicted molar refractivity (Wildman–Crippen MR) is 122 cm³/mol. The number of piperidine rings is 1. The van der Waals surface area contributed by atoms with Crippen molar-refractivity contribution < 1.29 is 8.42 Å². The van der Waals surface area contributed by atoms with Gasteiger partial charge in [0.1, 0.15) is 5.37 Å². The number of aryl methyl sites for hydroxylation is 1. The van der Waals surface area contributed by atoms with Crippen molar-refractivity contribution in [2.45, 2.75) is 83.9 Å². The van der Waals surface area contributed by atoms with Gasteiger partial charge < -0.3 is 0 Å². The lowest BCUT2D eigenvalue weighted by atomic mass is 9.79. The van der Waals surface area contributed by atoms with E-state index < -0.39 is 15.4 Å². The van der Waals surface area contributed by atoms with Crippen LogP contribution in [0, 0.1) is 6.92 Å². The Bertz CT molecular complexity index is 951. The Morgan fingerprint density at radius 1 is 0.931 bits per heavy atom. The molecule has 1 aromatic carbocycles. The van der Waals surface area contributed by atoms with E-state index in [1.54, 1.807) is 3.97 Å². The quantitative estimate of drug-likeness (QED) is 0.735. The second-order valence-corrected chi connectivity index (χ2v) is 12.4. The topological polar surface area (TPSA) is 51.1 Å². The molecule has 2 heterocycles. The highest BCUT2D eigenvalue weighted by Crippen LogP contribution is 2.35. The number of rotatable bonds is 3. The maximum atomic E-state index is 13.5. The normalized spacial score (nSPS) is 18.8. The van der Waals surface area contributed by atoms with Crippen molar-refractivity contribution in [3.05, 3.63) is 47.2 Å². The lowest BCUT2D eigenvalue weighted by molar-refractivity contribution is 0.457. The van der Waals surface area contributed by atoms with Gasteiger partial charge in [-0.15, -0.1) is 0 Å². The number of aromatic nitrogens is 1. The van der Waals surface area contributed by atoms with Crippen molar-refractivity contribution in [2.75, 3.05) is 6.54 Å². The van der Waals surface area contributed by atoms with Crippen molar-refractivity contribution in [1.82, 2.24) is 9.29 Å². The molecule has 1 atom stereocenters. The van der Waals surface area contributed by atoms with E-state index in [0.717, 1.165) is 36.3 Å². The molecule has 2 aromatic rings. The highest BCUT2D eigenvalue weighted by Gasteiger charge is 2.32. The van der Waals surface area contributed by atoms with Crippen LogP contribution < -0.4 is 5.32 Å². The highest BCUT2D eigenvalue weighted by molar-refractivity contribution is 7.90. The molecule has 3 rings (SSSR count). The molecule has 4 nitrogen and oxygen atoms in total. The van der Waals surface area contributed by atoms with E-state index in [4.69, 9.17) is 0 Å². The Labute approximate surface area is 176 Å². The van der Waals surface area contributed by atoms with Crippen molar-refractivity contribution in [3.63, 3.8) is 0 Å². The van der Waals surface area contributed by atoms with Gasteiger partial charge in [0, 0.05) is 5.69 Å². The van der Waals surface area contributed by atoms with Gasteiger partial charge in [-0.2, -0.15) is 0 Å². The fraction of sp³-hybridized carbons (Fsp3) is 0.583. The first-order valence-electron chi connectivity index (χ1n) is 10.6. The van der Waals surface area contributed by atoms with E-state index in [9.17, 15) is 8.42 Å². The van der Waals surface area contributed by atoms with Gasteiger partial charge in [0.2, 0.25) is 0 Å². The van der Waals surface area contributed by atoms with Gasteiger partial charge in [-0.05, 0) is 84.5 Å². The van der Waals surface area contributed by atoms with E-state index in [-0.39, 0.29) is 10.8 Å². The molecule has 1 aliphatic heterocycles. The molecule has 1 aromatic heterocycles. The first kappa shape index (κ1) is 22.1. The summed E-state index contributed by atoms with van der Waals surface area (Å²) in [5.41, 5.74) is 4.88. The summed E-state index contributed by atoms with van der Waals surface area (Å²) in [4.78, 5) is 0. The Balaban J connectivity index is 2.20. The summed E-state index contributed by atoms with van der Waals surface area (Å²) in [5, 5.41) is 2.70. The number of hydrogen-bond donors (Lipinski definition) is 1. The molecule has 1 unspecified atom stereocenters. The van der Waals surface area contributed by atoms with E-state index in [1.807, 2.05) is 19.1 Å². The third-order valence-electron chi connectivity index (χ3n) is 5.86. The molecule has 160 valence electrons. The smallest absolute Gasteiger partial charge is 0.255 e. The van der Waals surface area contributed by atoms with Crippen LogP contribution in [0.3, 0.4) is 0 Å². The fourth-order valence-corrected chi connectivity index (χ4v) is 5.87. The summed E-state index contributed by atoms with van der Waals surface area (Å²) >= 11 is 0. The monoisotopic (exact) mass is 416 g/mol. The van der Waals surface area contributed by atoms with Crippen LogP contribution in [0.2, 0.25) is 0 Å². The fourth-order valence-electron chi connectivity index (χ4n) is 3.92. The second-order valence-electron chi connectivity index (χ2n) is 10.4. The zero-order valence-electron chi connectivity index (χ0n) is 19.0. The largest absolute Gasteiger partial charge is 0.300 e. The zero-order chi connectivity index (χ0) is 21.6. The SMILES string of the molecule is Cc1ccc(-c2cc(C(C)(C)C)cc(C(C)(C)C)c2)n1S(=O)(=O)C1CCCCN1. The van der Waals surface area contributed by atoms with Gasteiger partial charge in [0.05, 0.1) is 5.69 Å². The number of benzene rings is 1. The first-order chi connectivity index (χ1) is 13.3. The van der Waals surface area contributed by atoms with Gasteiger partial charge in [0.25, 0.3) is 10.0 Å². The van der Waals surface area contributed by atoms with Gasteiger partial charge in [-0.1, -0.05) is 47.6 Å². The van der Waals surface area contributed by atoms with Gasteiger partial charge in [0.15, 0.2) is 0 Å². The van der Waals surface area contributed by atoms with E-state index >= 15 is 0 Å². The molecule has 0 amide bonds. The molecule has 1 N–H and O–H groups in total. The van der Waals surface area contributed by atoms with Crippen LogP contribution >= 0.6 is 0 Å². The molecule has 0 bridgehead atoms. The molecular formula is C24H36N2O2S. The summed E-state index contributed by atoms with van der Waals surface area (Å²) in [6, 6.07) is 10.4. The third kappa shape index (κ3) is 4.46. The van der Waals surface area contributed by atoms with Crippen molar-refractivity contribution in [2.24, 2.45) is 0 Å². The highest BCUT2D eigenvalue weighted by atomic mass is 32.2. The standard InChI is InChI=1S/C24H36N2O2S/c1-17-11-12-21(26(17)29(27,28)22-10-8-9-13-25-22)18-14-19(23(2,3)4)16-20(15-18)24(5,6)7/h11-12,14-16,22,25H,8-10,13H2,1-7H3. The van der Waals surface area contributed by atoms with Crippen LogP contribution in [0.5, 0.6) is 0 Å². The lowest BCUT2D eigenvalue weighted by Gasteiger charge is -2.28. The first-order valence-corrected chi connectivity index (χ1v) is 12.1. The second kappa shape index (κ2) is 7.59. The van der Waals surface area contributed by atoms with Crippen molar-refractivity contribution >= 4 is 10.0 Å². The summed E-state index contributed by atoms with van der Waals surface area (Å²) in [6.45, 7) is 15.8. The molecular weight excluding hydrogens is 380 g/mol. The Morgan fingerprint density at radius 2 is 1.52 bits per heavy atom. The molecule has 1 aliphatic rings. The van der Waals surface area contributed by atoms with E-state index in [0.29, 0.717) is 6.42 Å². The van der Waals surface area contributed by atoms with Crippen LogP contribution in [0.1, 0.15) is 77.6 Å². The van der Waals surface area contributed by atoms with Crippen LogP contribution in [-0.2, 0) is 20.9 Å². The molecule has 0 spiro atoms. The number of hydrogen-bond acceptors (Lipinski definition) is 3. The molecule has 0 saturated carbocycles. The lowest BCUT2D eigenvalue weighted by Crippen LogP contribution is -2.43. The van der Waals surface area contributed by atoms with E-state index in [1.165, 1.54) is 11.1 Å². The minimum Gasteiger partial charge on any atom is -0.300 e. The van der Waals surface area contributed by atoms with Gasteiger partial charge >= 0.3 is 0 Å². The van der Waals surface area contributed by atoms with Crippen LogP contribution in [0.4, 0.5) is 0 Å². The minimum absolute atomic E-state index is 0.0215. The summed E-state index contributed by atoms with van der Waals surface area (Å²) in [7, 11) is -3.52. The molecule has 29 heavy (non-hydrogen) atoms. The molecule has 1 saturated heterocycles. The predicted octanol–water partition coefficient (Wildman–Crippen LogP) is 5.34. The van der Waals surface area contributed by atoms with E-state index in [2.05, 4.69) is 65.1 Å². The van der Waals surface area contributed by atoms with Gasteiger partial charge in [-0.3, -0.25) is 5.32 Å². The third-order valence-corrected chi connectivity index (χ3v) is 7.98. The van der Waals surface area contributed by atoms with Crippen LogP contribution in [-0.4, -0.2) is 24.3 Å². The summed E-state index contributed by atoms with van der Waals surface area (Å²) in [6.07, 6.45) is 2.64. The summed E-state index contributed by atoms with van der Waals surface area (Å²) in [5.74, 6) is 0. The number of nitrogens with zero attached hydrogens (tertiary/aromatic N) is 1. The summed E-state index contributed by atoms with van der Waals surface area (Å²) < 4.78 is 28.6. The molecule has 1 fully saturated rings. The average Bonchev–Trinajstić information content (AvgIpc) is 3.03. The zero-order valence-corrected chi connectivity index (χ0v) is 19.8. The number of nitrogens with one attached hydrogen (secondary N) is 1. The molecule has 0 radical (unpaired) electrons. The maximum Gasteiger partial charge on any atom is 0.255 e. The van der Waals surface area contributed by atoms with Crippen molar-refractivity contribution in [3.8, 4) is 11.3 Å². The average molecular weight is 417 g/mol. The van der Waals surface area contributed by atoms with Crippen molar-refractivity contribution in [1.29, 1.82) is 0 Å².